The van der Waals surface area contributed by atoms with E-state index in [2.05, 4.69) is 9.62 Å². The van der Waals surface area contributed by atoms with Gasteiger partial charge in [-0.25, -0.2) is 13.1 Å². The standard InChI is InChI=1S/C17H26N2O4S/c1-17(5-6-17)24(20,21)18-11-13-4-7-19(12-13)14-8-15(22-2)10-16(9-14)23-3/h8-10,13,18H,4-7,11-12H2,1-3H3. The molecule has 1 aromatic carbocycles. The van der Waals surface area contributed by atoms with Gasteiger partial charge in [0.25, 0.3) is 0 Å². The summed E-state index contributed by atoms with van der Waals surface area (Å²) < 4.78 is 37.4. The first-order valence-electron chi connectivity index (χ1n) is 8.34. The molecule has 1 aromatic rings. The zero-order chi connectivity index (χ0) is 17.4. The SMILES string of the molecule is COc1cc(OC)cc(N2CCC(CNS(=O)(=O)C3(C)CC3)C2)c1. The van der Waals surface area contributed by atoms with E-state index in [0.29, 0.717) is 12.5 Å². The number of hydrogen-bond donors (Lipinski definition) is 1. The Balaban J connectivity index is 1.61. The smallest absolute Gasteiger partial charge is 0.217 e. The minimum absolute atomic E-state index is 0.319. The summed E-state index contributed by atoms with van der Waals surface area (Å²) in [6, 6.07) is 5.82. The van der Waals surface area contributed by atoms with Crippen molar-refractivity contribution in [2.75, 3.05) is 38.8 Å². The van der Waals surface area contributed by atoms with Gasteiger partial charge >= 0.3 is 0 Å². The van der Waals surface area contributed by atoms with Crippen molar-refractivity contribution in [1.82, 2.24) is 4.72 Å². The molecule has 7 heteroatoms. The average Bonchev–Trinajstić information content (AvgIpc) is 3.17. The minimum Gasteiger partial charge on any atom is -0.497 e. The molecule has 1 aliphatic carbocycles. The van der Waals surface area contributed by atoms with E-state index >= 15 is 0 Å². The number of methoxy groups -OCH3 is 2. The molecule has 1 unspecified atom stereocenters. The van der Waals surface area contributed by atoms with Crippen LogP contribution in [0.25, 0.3) is 0 Å². The Kier molecular flexibility index (Phi) is 4.66. The topological polar surface area (TPSA) is 67.9 Å². The molecule has 6 nitrogen and oxygen atoms in total. The second kappa shape index (κ2) is 6.44. The molecule has 1 atom stereocenters. The summed E-state index contributed by atoms with van der Waals surface area (Å²) in [7, 11) is 0.0889. The monoisotopic (exact) mass is 354 g/mol. The van der Waals surface area contributed by atoms with Crippen LogP contribution in [-0.2, 0) is 10.0 Å². The van der Waals surface area contributed by atoms with Crippen LogP contribution in [-0.4, -0.2) is 47.0 Å². The molecule has 0 spiro atoms. The summed E-state index contributed by atoms with van der Waals surface area (Å²) in [5.41, 5.74) is 1.05. The highest BCUT2D eigenvalue weighted by atomic mass is 32.2. The number of benzene rings is 1. The van der Waals surface area contributed by atoms with Gasteiger partial charge in [-0.2, -0.15) is 0 Å². The van der Waals surface area contributed by atoms with E-state index in [1.54, 1.807) is 14.2 Å². The molecule has 134 valence electrons. The van der Waals surface area contributed by atoms with Crippen LogP contribution in [0, 0.1) is 5.92 Å². The maximum Gasteiger partial charge on any atom is 0.217 e. The van der Waals surface area contributed by atoms with Crippen molar-refractivity contribution in [3.05, 3.63) is 18.2 Å². The predicted octanol–water partition coefficient (Wildman–Crippen LogP) is 2.00. The Morgan fingerprint density at radius 1 is 1.21 bits per heavy atom. The van der Waals surface area contributed by atoms with Crippen molar-refractivity contribution < 1.29 is 17.9 Å². The lowest BCUT2D eigenvalue weighted by Gasteiger charge is -2.21. The summed E-state index contributed by atoms with van der Waals surface area (Å²) in [6.07, 6.45) is 2.50. The first-order valence-corrected chi connectivity index (χ1v) is 9.82. The number of sulfonamides is 1. The highest BCUT2D eigenvalue weighted by Crippen LogP contribution is 2.42. The first kappa shape index (κ1) is 17.4. The van der Waals surface area contributed by atoms with Gasteiger partial charge in [0, 0.05) is 43.5 Å². The number of nitrogens with zero attached hydrogens (tertiary/aromatic N) is 1. The van der Waals surface area contributed by atoms with Crippen LogP contribution < -0.4 is 19.1 Å². The number of anilines is 1. The van der Waals surface area contributed by atoms with Gasteiger partial charge in [-0.1, -0.05) is 0 Å². The van der Waals surface area contributed by atoms with Gasteiger partial charge in [0.15, 0.2) is 0 Å². The van der Waals surface area contributed by atoms with Crippen molar-refractivity contribution >= 4 is 15.7 Å². The molecule has 0 aromatic heterocycles. The molecule has 24 heavy (non-hydrogen) atoms. The van der Waals surface area contributed by atoms with Gasteiger partial charge in [-0.15, -0.1) is 0 Å². The van der Waals surface area contributed by atoms with Gasteiger partial charge in [0.1, 0.15) is 11.5 Å². The molecule has 0 radical (unpaired) electrons. The Morgan fingerprint density at radius 3 is 2.38 bits per heavy atom. The summed E-state index contributed by atoms with van der Waals surface area (Å²) in [6.45, 7) is 4.06. The Bertz CT molecular complexity index is 678. The van der Waals surface area contributed by atoms with Crippen molar-refractivity contribution in [2.45, 2.75) is 30.9 Å². The number of nitrogens with one attached hydrogen (secondary N) is 1. The molecule has 1 saturated heterocycles. The molecule has 0 amide bonds. The van der Waals surface area contributed by atoms with Gasteiger partial charge in [-0.05, 0) is 32.1 Å². The maximum absolute atomic E-state index is 12.2. The quantitative estimate of drug-likeness (QED) is 0.811. The van der Waals surface area contributed by atoms with Crippen molar-refractivity contribution in [1.29, 1.82) is 0 Å². The molecular formula is C17H26N2O4S. The Hall–Kier alpha value is -1.47. The van der Waals surface area contributed by atoms with Gasteiger partial charge in [0.05, 0.1) is 19.0 Å². The van der Waals surface area contributed by atoms with Gasteiger partial charge in [-0.3, -0.25) is 0 Å². The van der Waals surface area contributed by atoms with Gasteiger partial charge < -0.3 is 14.4 Å². The third-order valence-corrected chi connectivity index (χ3v) is 7.40. The van der Waals surface area contributed by atoms with E-state index in [-0.39, 0.29) is 0 Å². The third-order valence-electron chi connectivity index (χ3n) is 5.15. The first-order chi connectivity index (χ1) is 11.4. The number of rotatable bonds is 7. The lowest BCUT2D eigenvalue weighted by Crippen LogP contribution is -2.37. The normalized spacial score (nSPS) is 22.5. The second-order valence-electron chi connectivity index (χ2n) is 6.97. The summed E-state index contributed by atoms with van der Waals surface area (Å²) in [4.78, 5) is 2.25. The second-order valence-corrected chi connectivity index (χ2v) is 9.25. The number of hydrogen-bond acceptors (Lipinski definition) is 5. The fraction of sp³-hybridized carbons (Fsp3) is 0.647. The molecule has 3 rings (SSSR count). The van der Waals surface area contributed by atoms with Crippen LogP contribution in [0.15, 0.2) is 18.2 Å². The molecular weight excluding hydrogens is 328 g/mol. The van der Waals surface area contributed by atoms with E-state index in [0.717, 1.165) is 49.5 Å². The van der Waals surface area contributed by atoms with E-state index < -0.39 is 14.8 Å². The highest BCUT2D eigenvalue weighted by molar-refractivity contribution is 7.91. The maximum atomic E-state index is 12.2. The molecule has 1 saturated carbocycles. The predicted molar refractivity (Wildman–Crippen MR) is 94.4 cm³/mol. The van der Waals surface area contributed by atoms with Crippen LogP contribution >= 0.6 is 0 Å². The molecule has 1 aliphatic heterocycles. The average molecular weight is 354 g/mol. The lowest BCUT2D eigenvalue weighted by molar-refractivity contribution is 0.394. The molecule has 0 bridgehead atoms. The van der Waals surface area contributed by atoms with Crippen LogP contribution in [0.3, 0.4) is 0 Å². The fourth-order valence-corrected chi connectivity index (χ4v) is 4.50. The van der Waals surface area contributed by atoms with E-state index in [1.165, 1.54) is 0 Å². The van der Waals surface area contributed by atoms with Crippen LogP contribution in [0.4, 0.5) is 5.69 Å². The third kappa shape index (κ3) is 3.47. The zero-order valence-corrected chi connectivity index (χ0v) is 15.4. The molecule has 1 N–H and O–H groups in total. The van der Waals surface area contributed by atoms with E-state index in [1.807, 2.05) is 25.1 Å². The summed E-state index contributed by atoms with van der Waals surface area (Å²) >= 11 is 0. The van der Waals surface area contributed by atoms with Crippen molar-refractivity contribution in [3.63, 3.8) is 0 Å². The minimum atomic E-state index is -3.19. The molecule has 1 heterocycles. The van der Waals surface area contributed by atoms with E-state index in [9.17, 15) is 8.42 Å². The van der Waals surface area contributed by atoms with Crippen molar-refractivity contribution in [2.24, 2.45) is 5.92 Å². The van der Waals surface area contributed by atoms with Crippen LogP contribution in [0.1, 0.15) is 26.2 Å². The zero-order valence-electron chi connectivity index (χ0n) is 14.5. The summed E-state index contributed by atoms with van der Waals surface area (Å²) in [5, 5.41) is 0. The van der Waals surface area contributed by atoms with Gasteiger partial charge in [0.2, 0.25) is 10.0 Å². The van der Waals surface area contributed by atoms with E-state index in [4.69, 9.17) is 9.47 Å². The summed E-state index contributed by atoms with van der Waals surface area (Å²) in [5.74, 6) is 1.84. The van der Waals surface area contributed by atoms with Crippen LogP contribution in [0.5, 0.6) is 11.5 Å². The Morgan fingerprint density at radius 2 is 1.83 bits per heavy atom. The number of ether oxygens (including phenoxy) is 2. The molecule has 2 aliphatic rings. The highest BCUT2D eigenvalue weighted by Gasteiger charge is 2.50. The largest absolute Gasteiger partial charge is 0.497 e. The lowest BCUT2D eigenvalue weighted by atomic mass is 10.1. The van der Waals surface area contributed by atoms with Crippen molar-refractivity contribution in [3.8, 4) is 11.5 Å². The fourth-order valence-electron chi connectivity index (χ4n) is 3.06. The van der Waals surface area contributed by atoms with Crippen LogP contribution in [0.2, 0.25) is 0 Å². The Labute approximate surface area is 144 Å². The molecule has 2 fully saturated rings.